The van der Waals surface area contributed by atoms with Crippen molar-refractivity contribution in [2.75, 3.05) is 0 Å². The van der Waals surface area contributed by atoms with Crippen molar-refractivity contribution in [3.63, 3.8) is 0 Å². The van der Waals surface area contributed by atoms with Crippen molar-refractivity contribution < 1.29 is 17.0 Å². The molecule has 0 amide bonds. The average Bonchev–Trinajstić information content (AvgIpc) is 2.96. The fourth-order valence-electron chi connectivity index (χ4n) is 3.12. The van der Waals surface area contributed by atoms with Crippen LogP contribution in [-0.2, 0) is 16.5 Å². The van der Waals surface area contributed by atoms with Crippen molar-refractivity contribution in [1.29, 1.82) is 0 Å². The molecule has 0 saturated heterocycles. The molecule has 0 saturated carbocycles. The standard InChI is InChI=1S/C20H21FN2O3S/c1-5-17-12-19(23(22-17)18-8-6-16(21)7-9-18)26-27(24,25)20-14(3)10-13(2)11-15(20)4/h6-12H,5H2,1-4H3. The molecule has 0 spiro atoms. The maximum absolute atomic E-state index is 13.2. The molecular formula is C20H21FN2O3S. The van der Waals surface area contributed by atoms with Gasteiger partial charge in [0.15, 0.2) is 0 Å². The summed E-state index contributed by atoms with van der Waals surface area (Å²) in [6.07, 6.45) is 0.604. The van der Waals surface area contributed by atoms with Crippen LogP contribution in [0.4, 0.5) is 4.39 Å². The second kappa shape index (κ2) is 7.15. The predicted molar refractivity (Wildman–Crippen MR) is 101 cm³/mol. The molecule has 0 unspecified atom stereocenters. The van der Waals surface area contributed by atoms with Gasteiger partial charge in [-0.1, -0.05) is 24.6 Å². The zero-order valence-electron chi connectivity index (χ0n) is 15.7. The van der Waals surface area contributed by atoms with E-state index in [-0.39, 0.29) is 16.6 Å². The Kier molecular flexibility index (Phi) is 5.06. The highest BCUT2D eigenvalue weighted by molar-refractivity contribution is 7.87. The lowest BCUT2D eigenvalue weighted by Gasteiger charge is -2.13. The van der Waals surface area contributed by atoms with Crippen LogP contribution < -0.4 is 4.18 Å². The number of nitrogens with zero attached hydrogens (tertiary/aromatic N) is 2. The van der Waals surface area contributed by atoms with Crippen LogP contribution >= 0.6 is 0 Å². The number of rotatable bonds is 5. The van der Waals surface area contributed by atoms with Crippen LogP contribution in [0.15, 0.2) is 47.4 Å². The number of hydrogen-bond acceptors (Lipinski definition) is 4. The van der Waals surface area contributed by atoms with Gasteiger partial charge >= 0.3 is 10.1 Å². The zero-order valence-corrected chi connectivity index (χ0v) is 16.5. The Bertz CT molecular complexity index is 1060. The molecule has 0 N–H and O–H groups in total. The van der Waals surface area contributed by atoms with Gasteiger partial charge in [-0.25, -0.2) is 4.39 Å². The molecule has 0 radical (unpaired) electrons. The van der Waals surface area contributed by atoms with E-state index in [1.807, 2.05) is 13.8 Å². The van der Waals surface area contributed by atoms with Gasteiger partial charge in [-0.3, -0.25) is 0 Å². The molecule has 1 heterocycles. The number of aromatic nitrogens is 2. The van der Waals surface area contributed by atoms with E-state index in [9.17, 15) is 12.8 Å². The van der Waals surface area contributed by atoms with Gasteiger partial charge in [-0.15, -0.1) is 0 Å². The lowest BCUT2D eigenvalue weighted by molar-refractivity contribution is 0.464. The number of aryl methyl sites for hydroxylation is 4. The summed E-state index contributed by atoms with van der Waals surface area (Å²) in [5.41, 5.74) is 3.40. The van der Waals surface area contributed by atoms with Gasteiger partial charge < -0.3 is 4.18 Å². The number of hydrogen-bond donors (Lipinski definition) is 0. The topological polar surface area (TPSA) is 61.2 Å². The molecule has 0 aliphatic rings. The van der Waals surface area contributed by atoms with E-state index in [1.54, 1.807) is 32.0 Å². The lowest BCUT2D eigenvalue weighted by atomic mass is 10.1. The molecular weight excluding hydrogens is 367 g/mol. The van der Waals surface area contributed by atoms with E-state index in [0.29, 0.717) is 28.9 Å². The van der Waals surface area contributed by atoms with E-state index in [4.69, 9.17) is 4.18 Å². The van der Waals surface area contributed by atoms with E-state index >= 15 is 0 Å². The highest BCUT2D eigenvalue weighted by Gasteiger charge is 2.25. The minimum absolute atomic E-state index is 0.0674. The monoisotopic (exact) mass is 388 g/mol. The Morgan fingerprint density at radius 1 is 1.04 bits per heavy atom. The van der Waals surface area contributed by atoms with Crippen molar-refractivity contribution in [3.05, 3.63) is 70.7 Å². The predicted octanol–water partition coefficient (Wildman–Crippen LogP) is 4.27. The molecule has 0 bridgehead atoms. The minimum Gasteiger partial charge on any atom is -0.358 e. The first-order valence-corrected chi connectivity index (χ1v) is 9.99. The van der Waals surface area contributed by atoms with Crippen LogP contribution in [0.5, 0.6) is 5.88 Å². The maximum Gasteiger partial charge on any atom is 0.341 e. The van der Waals surface area contributed by atoms with Gasteiger partial charge in [0.2, 0.25) is 5.88 Å². The highest BCUT2D eigenvalue weighted by atomic mass is 32.2. The van der Waals surface area contributed by atoms with Crippen molar-refractivity contribution in [1.82, 2.24) is 9.78 Å². The smallest absolute Gasteiger partial charge is 0.341 e. The third-order valence-electron chi connectivity index (χ3n) is 4.21. The summed E-state index contributed by atoms with van der Waals surface area (Å²) < 4.78 is 46.0. The van der Waals surface area contributed by atoms with Crippen LogP contribution in [0.2, 0.25) is 0 Å². The quantitative estimate of drug-likeness (QED) is 0.613. The Hall–Kier alpha value is -2.67. The Balaban J connectivity index is 2.07. The van der Waals surface area contributed by atoms with Crippen molar-refractivity contribution in [2.24, 2.45) is 0 Å². The first kappa shape index (κ1) is 19.1. The van der Waals surface area contributed by atoms with Crippen molar-refractivity contribution in [2.45, 2.75) is 39.0 Å². The Morgan fingerprint density at radius 3 is 2.19 bits per heavy atom. The van der Waals surface area contributed by atoms with Gasteiger partial charge in [0.05, 0.1) is 11.4 Å². The van der Waals surface area contributed by atoms with Gasteiger partial charge in [0.25, 0.3) is 0 Å². The molecule has 142 valence electrons. The van der Waals surface area contributed by atoms with Gasteiger partial charge in [-0.05, 0) is 62.6 Å². The molecule has 5 nitrogen and oxygen atoms in total. The van der Waals surface area contributed by atoms with Crippen molar-refractivity contribution >= 4 is 10.1 Å². The second-order valence-corrected chi connectivity index (χ2v) is 7.96. The second-order valence-electron chi connectivity index (χ2n) is 6.48. The molecule has 2 aromatic carbocycles. The van der Waals surface area contributed by atoms with Gasteiger partial charge in [0, 0.05) is 6.07 Å². The van der Waals surface area contributed by atoms with Crippen LogP contribution in [-0.4, -0.2) is 18.2 Å². The van der Waals surface area contributed by atoms with Gasteiger partial charge in [0.1, 0.15) is 10.7 Å². The van der Waals surface area contributed by atoms with Crippen molar-refractivity contribution in [3.8, 4) is 11.6 Å². The molecule has 27 heavy (non-hydrogen) atoms. The van der Waals surface area contributed by atoms with Crippen LogP contribution in [0.3, 0.4) is 0 Å². The SMILES string of the molecule is CCc1cc(OS(=O)(=O)c2c(C)cc(C)cc2C)n(-c2ccc(F)cc2)n1. The molecule has 0 aliphatic carbocycles. The number of benzene rings is 2. The van der Waals surface area contributed by atoms with E-state index in [1.165, 1.54) is 28.9 Å². The normalized spacial score (nSPS) is 11.6. The third-order valence-corrected chi connectivity index (χ3v) is 5.74. The summed E-state index contributed by atoms with van der Waals surface area (Å²) in [4.78, 5) is 0.151. The van der Waals surface area contributed by atoms with Crippen LogP contribution in [0, 0.1) is 26.6 Å². The summed E-state index contributed by atoms with van der Waals surface area (Å²) in [7, 11) is -4.06. The molecule has 7 heteroatoms. The largest absolute Gasteiger partial charge is 0.358 e. The fraction of sp³-hybridized carbons (Fsp3) is 0.250. The van der Waals surface area contributed by atoms with Crippen LogP contribution in [0.1, 0.15) is 29.3 Å². The minimum atomic E-state index is -4.06. The summed E-state index contributed by atoms with van der Waals surface area (Å²) in [6.45, 7) is 7.30. The molecule has 3 rings (SSSR count). The summed E-state index contributed by atoms with van der Waals surface area (Å²) in [5, 5.41) is 4.37. The summed E-state index contributed by atoms with van der Waals surface area (Å²) in [6, 6.07) is 10.8. The number of halogens is 1. The maximum atomic E-state index is 13.2. The molecule has 0 fully saturated rings. The summed E-state index contributed by atoms with van der Waals surface area (Å²) in [5.74, 6) is -0.319. The molecule has 0 aliphatic heterocycles. The van der Waals surface area contributed by atoms with E-state index in [0.717, 1.165) is 5.56 Å². The van der Waals surface area contributed by atoms with E-state index < -0.39 is 10.1 Å². The first-order valence-electron chi connectivity index (χ1n) is 8.58. The first-order chi connectivity index (χ1) is 12.7. The van der Waals surface area contributed by atoms with Gasteiger partial charge in [-0.2, -0.15) is 18.2 Å². The molecule has 0 atom stereocenters. The molecule has 3 aromatic rings. The zero-order chi connectivity index (χ0) is 19.8. The average molecular weight is 388 g/mol. The fourth-order valence-corrected chi connectivity index (χ4v) is 4.46. The summed E-state index contributed by atoms with van der Waals surface area (Å²) >= 11 is 0. The Morgan fingerprint density at radius 2 is 1.63 bits per heavy atom. The van der Waals surface area contributed by atoms with Crippen LogP contribution in [0.25, 0.3) is 5.69 Å². The van der Waals surface area contributed by atoms with E-state index in [2.05, 4.69) is 5.10 Å². The molecule has 1 aromatic heterocycles. The third kappa shape index (κ3) is 3.88. The Labute approximate surface area is 158 Å². The lowest BCUT2D eigenvalue weighted by Crippen LogP contribution is -2.15. The highest BCUT2D eigenvalue weighted by Crippen LogP contribution is 2.28.